The Hall–Kier alpha value is -1.91. The number of rotatable bonds is 3. The number of ether oxygens (including phenoxy) is 3. The average molecular weight is 559 g/mol. The Morgan fingerprint density at radius 1 is 1.12 bits per heavy atom. The molecule has 1 spiro atoms. The molecule has 3 N–H and O–H groups in total. The van der Waals surface area contributed by atoms with E-state index < -0.39 is 81.1 Å². The van der Waals surface area contributed by atoms with E-state index in [-0.39, 0.29) is 38.1 Å². The molecule has 12 atom stereocenters. The molecule has 0 radical (unpaired) electrons. The van der Waals surface area contributed by atoms with Crippen molar-refractivity contribution in [1.82, 2.24) is 0 Å². The van der Waals surface area contributed by atoms with Crippen molar-refractivity contribution in [3.8, 4) is 0 Å². The number of carbonyl (C=O) groups is 3. The standard InChI is InChI=1S/C31H42O9/c1-7-29(36)13-12-18-22(19(32)14-17-10-9-11-20(33)27(17,18)5)30(37)24(34)23-26(4)15-21(39-25(35)16(26)3)28(6,38-8-2)31(23,29)40-30/h9,11,14,16,18-19,21-23,32,36-37H,7-8,10,12-13,15H2,1-6H3/t16-,18?,19-,21?,22?,23?,26?,27+,28+,29+,30+,31+/m1/s1. The maximum Gasteiger partial charge on any atom is 0.309 e. The Morgan fingerprint density at radius 2 is 1.82 bits per heavy atom. The van der Waals surface area contributed by atoms with Gasteiger partial charge in [0.2, 0.25) is 5.79 Å². The van der Waals surface area contributed by atoms with Crippen LogP contribution in [0.5, 0.6) is 0 Å². The maximum atomic E-state index is 14.9. The lowest BCUT2D eigenvalue weighted by atomic mass is 9.45. The molecule has 4 bridgehead atoms. The van der Waals surface area contributed by atoms with Gasteiger partial charge in [-0.25, -0.2) is 0 Å². The molecule has 9 nitrogen and oxygen atoms in total. The predicted octanol–water partition coefficient (Wildman–Crippen LogP) is 2.40. The van der Waals surface area contributed by atoms with Crippen LogP contribution >= 0.6 is 0 Å². The molecule has 220 valence electrons. The molecule has 40 heavy (non-hydrogen) atoms. The molecule has 3 heterocycles. The first-order valence-corrected chi connectivity index (χ1v) is 14.8. The third-order valence-electron chi connectivity index (χ3n) is 12.3. The quantitative estimate of drug-likeness (QED) is 0.352. The van der Waals surface area contributed by atoms with Crippen molar-refractivity contribution in [3.05, 3.63) is 23.8 Å². The maximum absolute atomic E-state index is 14.9. The largest absolute Gasteiger partial charge is 0.459 e. The van der Waals surface area contributed by atoms with Crippen LogP contribution in [-0.4, -0.2) is 74.3 Å². The second kappa shape index (κ2) is 8.34. The first-order chi connectivity index (χ1) is 18.6. The van der Waals surface area contributed by atoms with E-state index in [0.717, 1.165) is 5.57 Å². The van der Waals surface area contributed by atoms with Crippen LogP contribution in [0, 0.1) is 34.5 Å². The Morgan fingerprint density at radius 3 is 2.48 bits per heavy atom. The summed E-state index contributed by atoms with van der Waals surface area (Å²) >= 11 is 0. The van der Waals surface area contributed by atoms with E-state index in [1.54, 1.807) is 39.8 Å². The van der Waals surface area contributed by atoms with Crippen LogP contribution in [0.2, 0.25) is 0 Å². The van der Waals surface area contributed by atoms with Crippen molar-refractivity contribution in [2.24, 2.45) is 34.5 Å². The summed E-state index contributed by atoms with van der Waals surface area (Å²) in [6, 6.07) is 0. The molecule has 3 aliphatic heterocycles. The van der Waals surface area contributed by atoms with Gasteiger partial charge >= 0.3 is 5.97 Å². The summed E-state index contributed by atoms with van der Waals surface area (Å²) in [7, 11) is 0. The van der Waals surface area contributed by atoms with Crippen molar-refractivity contribution in [2.75, 3.05) is 6.61 Å². The summed E-state index contributed by atoms with van der Waals surface area (Å²) in [5.41, 5.74) is -6.37. The van der Waals surface area contributed by atoms with E-state index in [1.165, 1.54) is 6.08 Å². The smallest absolute Gasteiger partial charge is 0.309 e. The third-order valence-corrected chi connectivity index (χ3v) is 12.3. The third kappa shape index (κ3) is 2.89. The van der Waals surface area contributed by atoms with Crippen LogP contribution in [0.25, 0.3) is 0 Å². The Kier molecular flexibility index (Phi) is 5.89. The van der Waals surface area contributed by atoms with Crippen LogP contribution < -0.4 is 0 Å². The summed E-state index contributed by atoms with van der Waals surface area (Å²) < 4.78 is 19.1. The molecule has 0 aromatic carbocycles. The fourth-order valence-corrected chi connectivity index (χ4v) is 9.90. The summed E-state index contributed by atoms with van der Waals surface area (Å²) in [6.45, 7) is 10.8. The van der Waals surface area contributed by atoms with Gasteiger partial charge in [-0.2, -0.15) is 0 Å². The molecule has 0 aromatic heterocycles. The Labute approximate surface area is 234 Å². The Bertz CT molecular complexity index is 1240. The molecule has 5 unspecified atom stereocenters. The van der Waals surface area contributed by atoms with Gasteiger partial charge in [-0.3, -0.25) is 14.4 Å². The molecule has 3 aliphatic carbocycles. The number of allylic oxidation sites excluding steroid dienone is 3. The molecule has 4 fully saturated rings. The van der Waals surface area contributed by atoms with Gasteiger partial charge in [-0.05, 0) is 70.3 Å². The lowest BCUT2D eigenvalue weighted by Gasteiger charge is -2.67. The minimum absolute atomic E-state index is 0.130. The number of hydrogen-bond acceptors (Lipinski definition) is 9. The van der Waals surface area contributed by atoms with Gasteiger partial charge in [0.05, 0.1) is 34.9 Å². The fourth-order valence-electron chi connectivity index (χ4n) is 9.90. The number of hydrogen-bond donors (Lipinski definition) is 3. The molecular formula is C31H42O9. The summed E-state index contributed by atoms with van der Waals surface area (Å²) in [6.07, 6.45) is 4.08. The van der Waals surface area contributed by atoms with Crippen LogP contribution in [0.15, 0.2) is 23.8 Å². The monoisotopic (exact) mass is 558 g/mol. The van der Waals surface area contributed by atoms with Gasteiger partial charge < -0.3 is 29.5 Å². The molecule has 0 aromatic rings. The molecule has 6 aliphatic rings. The van der Waals surface area contributed by atoms with E-state index in [4.69, 9.17) is 14.2 Å². The molecule has 9 heteroatoms. The van der Waals surface area contributed by atoms with Gasteiger partial charge in [0.25, 0.3) is 0 Å². The van der Waals surface area contributed by atoms with Crippen LogP contribution in [0.3, 0.4) is 0 Å². The zero-order chi connectivity index (χ0) is 29.3. The number of ketones is 2. The van der Waals surface area contributed by atoms with E-state index in [0.29, 0.717) is 6.42 Å². The van der Waals surface area contributed by atoms with E-state index in [9.17, 15) is 29.7 Å². The van der Waals surface area contributed by atoms with Crippen LogP contribution in [0.4, 0.5) is 0 Å². The second-order valence-corrected chi connectivity index (χ2v) is 13.6. The average Bonchev–Trinajstić information content (AvgIpc) is 3.16. The zero-order valence-electron chi connectivity index (χ0n) is 24.2. The highest BCUT2D eigenvalue weighted by Crippen LogP contribution is 2.71. The number of carbonyl (C=O) groups excluding carboxylic acids is 3. The van der Waals surface area contributed by atoms with E-state index >= 15 is 0 Å². The zero-order valence-corrected chi connectivity index (χ0v) is 24.2. The Balaban J connectivity index is 1.65. The topological polar surface area (TPSA) is 140 Å². The minimum Gasteiger partial charge on any atom is -0.459 e. The van der Waals surface area contributed by atoms with Gasteiger partial charge in [-0.15, -0.1) is 0 Å². The lowest BCUT2D eigenvalue weighted by Crippen LogP contribution is -2.81. The molecule has 3 saturated heterocycles. The van der Waals surface area contributed by atoms with Gasteiger partial charge in [-0.1, -0.05) is 38.5 Å². The molecule has 6 rings (SSSR count). The highest BCUT2D eigenvalue weighted by atomic mass is 16.7. The normalized spacial score (nSPS) is 54.9. The SMILES string of the molecule is CCO[C@@]1(C)C2CC(C)(C3C(=O)[C@@]4(O)O[C@@]31[C@](O)(CC)CCC1C4[C@H](O)C=C3CC=CC(=O)[C@@]31C)[C@H](C)C(=O)O2. The fraction of sp³-hybridized carbons (Fsp3) is 0.774. The highest BCUT2D eigenvalue weighted by Gasteiger charge is 2.86. The van der Waals surface area contributed by atoms with Crippen molar-refractivity contribution >= 4 is 17.5 Å². The van der Waals surface area contributed by atoms with E-state index in [1.807, 2.05) is 13.8 Å². The van der Waals surface area contributed by atoms with Crippen LogP contribution in [0.1, 0.15) is 73.6 Å². The summed E-state index contributed by atoms with van der Waals surface area (Å²) in [4.78, 5) is 41.6. The van der Waals surface area contributed by atoms with E-state index in [2.05, 4.69) is 0 Å². The van der Waals surface area contributed by atoms with Crippen molar-refractivity contribution in [2.45, 2.75) is 108 Å². The van der Waals surface area contributed by atoms with Crippen molar-refractivity contribution < 1.29 is 43.9 Å². The van der Waals surface area contributed by atoms with Gasteiger partial charge in [0.15, 0.2) is 11.6 Å². The summed E-state index contributed by atoms with van der Waals surface area (Å²) in [5, 5.41) is 37.0. The molecular weight excluding hydrogens is 516 g/mol. The minimum atomic E-state index is -2.55. The predicted molar refractivity (Wildman–Crippen MR) is 141 cm³/mol. The van der Waals surface area contributed by atoms with Gasteiger partial charge in [0, 0.05) is 6.61 Å². The number of esters is 1. The number of aliphatic hydroxyl groups excluding tert-OH is 1. The lowest BCUT2D eigenvalue weighted by molar-refractivity contribution is -0.390. The van der Waals surface area contributed by atoms with Crippen molar-refractivity contribution in [3.63, 3.8) is 0 Å². The van der Waals surface area contributed by atoms with Crippen LogP contribution in [-0.2, 0) is 28.6 Å². The highest BCUT2D eigenvalue weighted by molar-refractivity contribution is 5.99. The van der Waals surface area contributed by atoms with Gasteiger partial charge in [0.1, 0.15) is 17.3 Å². The molecule has 1 saturated carbocycles. The van der Waals surface area contributed by atoms with Crippen molar-refractivity contribution in [1.29, 1.82) is 0 Å². The first-order valence-electron chi connectivity index (χ1n) is 14.8. The summed E-state index contributed by atoms with van der Waals surface area (Å²) in [5.74, 6) is -7.58. The molecule has 0 amide bonds. The number of Topliss-reactive ketones (excluding diaryl/α,β-unsaturated/α-hetero) is 1. The number of fused-ring (bicyclic) bond motifs is 8. The number of aliphatic hydroxyl groups is 3. The first kappa shape index (κ1) is 28.2. The second-order valence-electron chi connectivity index (χ2n) is 13.6.